The number of nitrogens with one attached hydrogen (secondary N) is 2. The second kappa shape index (κ2) is 10.4. The summed E-state index contributed by atoms with van der Waals surface area (Å²) in [5.41, 5.74) is 3.18. The number of rotatable bonds is 9. The van der Waals surface area contributed by atoms with Crippen molar-refractivity contribution in [1.82, 2.24) is 5.32 Å². The SMILES string of the molecule is COc1ccc(CCNC(=O)c2cccc(NS(=O)(=O)c3cc(C)ccc3C)c2)cc1OC. The van der Waals surface area contributed by atoms with Gasteiger partial charge in [-0.1, -0.05) is 24.3 Å². The van der Waals surface area contributed by atoms with E-state index in [9.17, 15) is 13.2 Å². The van der Waals surface area contributed by atoms with Crippen molar-refractivity contribution in [2.45, 2.75) is 25.2 Å². The van der Waals surface area contributed by atoms with Gasteiger partial charge in [-0.2, -0.15) is 0 Å². The van der Waals surface area contributed by atoms with Crippen LogP contribution in [0.1, 0.15) is 27.0 Å². The Morgan fingerprint density at radius 3 is 2.39 bits per heavy atom. The van der Waals surface area contributed by atoms with Crippen LogP contribution in [0.25, 0.3) is 0 Å². The van der Waals surface area contributed by atoms with Crippen molar-refractivity contribution in [2.75, 3.05) is 25.5 Å². The first-order valence-corrected chi connectivity index (χ1v) is 11.9. The van der Waals surface area contributed by atoms with Crippen molar-refractivity contribution in [3.05, 3.63) is 82.9 Å². The third-order valence-corrected chi connectivity index (χ3v) is 6.68. The zero-order valence-electron chi connectivity index (χ0n) is 19.1. The number of methoxy groups -OCH3 is 2. The van der Waals surface area contributed by atoms with E-state index in [2.05, 4.69) is 10.0 Å². The van der Waals surface area contributed by atoms with Crippen LogP contribution in [0.4, 0.5) is 5.69 Å². The molecule has 3 rings (SSSR count). The van der Waals surface area contributed by atoms with Crippen molar-refractivity contribution in [3.8, 4) is 11.5 Å². The van der Waals surface area contributed by atoms with E-state index in [1.165, 1.54) is 6.07 Å². The molecule has 3 aromatic rings. The Labute approximate surface area is 194 Å². The number of carbonyl (C=O) groups excluding carboxylic acids is 1. The first-order valence-electron chi connectivity index (χ1n) is 10.4. The number of aryl methyl sites for hydroxylation is 2. The highest BCUT2D eigenvalue weighted by Gasteiger charge is 2.18. The van der Waals surface area contributed by atoms with Gasteiger partial charge < -0.3 is 14.8 Å². The summed E-state index contributed by atoms with van der Waals surface area (Å²) in [5, 5.41) is 2.86. The van der Waals surface area contributed by atoms with Gasteiger partial charge >= 0.3 is 0 Å². The number of benzene rings is 3. The molecule has 0 unspecified atom stereocenters. The minimum atomic E-state index is -3.78. The third-order valence-electron chi connectivity index (χ3n) is 5.16. The van der Waals surface area contributed by atoms with Gasteiger partial charge in [0.05, 0.1) is 19.1 Å². The molecule has 7 nitrogen and oxygen atoms in total. The summed E-state index contributed by atoms with van der Waals surface area (Å²) in [6.45, 7) is 3.99. The summed E-state index contributed by atoms with van der Waals surface area (Å²) < 4.78 is 38.8. The monoisotopic (exact) mass is 468 g/mol. The molecular weight excluding hydrogens is 440 g/mol. The molecule has 0 saturated carbocycles. The number of ether oxygens (including phenoxy) is 2. The zero-order valence-corrected chi connectivity index (χ0v) is 20.0. The number of anilines is 1. The fourth-order valence-corrected chi connectivity index (χ4v) is 4.77. The molecule has 33 heavy (non-hydrogen) atoms. The summed E-state index contributed by atoms with van der Waals surface area (Å²) in [4.78, 5) is 12.8. The molecule has 3 aromatic carbocycles. The lowest BCUT2D eigenvalue weighted by Crippen LogP contribution is -2.25. The van der Waals surface area contributed by atoms with E-state index in [1.54, 1.807) is 51.5 Å². The Morgan fingerprint density at radius 1 is 0.909 bits per heavy atom. The highest BCUT2D eigenvalue weighted by molar-refractivity contribution is 7.92. The van der Waals surface area contributed by atoms with Crippen LogP contribution in [0, 0.1) is 13.8 Å². The number of amides is 1. The molecule has 1 amide bonds. The van der Waals surface area contributed by atoms with Crippen molar-refractivity contribution < 1.29 is 22.7 Å². The predicted molar refractivity (Wildman–Crippen MR) is 129 cm³/mol. The molecule has 0 aliphatic carbocycles. The standard InChI is InChI=1S/C25H28N2O5S/c1-17-8-9-18(2)24(14-17)33(29,30)27-21-7-5-6-20(16-21)25(28)26-13-12-19-10-11-22(31-3)23(15-19)32-4/h5-11,14-16,27H,12-13H2,1-4H3,(H,26,28). The molecule has 0 radical (unpaired) electrons. The molecule has 0 saturated heterocycles. The molecule has 8 heteroatoms. The topological polar surface area (TPSA) is 93.7 Å². The maximum Gasteiger partial charge on any atom is 0.262 e. The van der Waals surface area contributed by atoms with Crippen molar-refractivity contribution in [2.24, 2.45) is 0 Å². The Kier molecular flexibility index (Phi) is 7.60. The highest BCUT2D eigenvalue weighted by Crippen LogP contribution is 2.27. The Morgan fingerprint density at radius 2 is 1.67 bits per heavy atom. The number of carbonyl (C=O) groups is 1. The average molecular weight is 469 g/mol. The van der Waals surface area contributed by atoms with E-state index in [0.29, 0.717) is 41.3 Å². The minimum absolute atomic E-state index is 0.215. The van der Waals surface area contributed by atoms with Crippen LogP contribution in [0.5, 0.6) is 11.5 Å². The lowest BCUT2D eigenvalue weighted by molar-refractivity contribution is 0.0954. The van der Waals surface area contributed by atoms with Gasteiger partial charge in [-0.25, -0.2) is 8.42 Å². The van der Waals surface area contributed by atoms with Gasteiger partial charge in [0.1, 0.15) is 0 Å². The summed E-state index contributed by atoms with van der Waals surface area (Å²) >= 11 is 0. The van der Waals surface area contributed by atoms with Crippen molar-refractivity contribution >= 4 is 21.6 Å². The van der Waals surface area contributed by atoms with Gasteiger partial charge in [0, 0.05) is 17.8 Å². The maximum atomic E-state index is 12.9. The molecule has 174 valence electrons. The van der Waals surface area contributed by atoms with Crippen LogP contribution in [-0.4, -0.2) is 35.1 Å². The molecule has 0 aliphatic heterocycles. The van der Waals surface area contributed by atoms with Crippen molar-refractivity contribution in [1.29, 1.82) is 0 Å². The lowest BCUT2D eigenvalue weighted by Gasteiger charge is -2.12. The van der Waals surface area contributed by atoms with E-state index in [4.69, 9.17) is 9.47 Å². The van der Waals surface area contributed by atoms with E-state index in [1.807, 2.05) is 31.2 Å². The van der Waals surface area contributed by atoms with Crippen molar-refractivity contribution in [3.63, 3.8) is 0 Å². The molecule has 0 aromatic heterocycles. The van der Waals surface area contributed by atoms with Crippen LogP contribution in [0.15, 0.2) is 65.6 Å². The van der Waals surface area contributed by atoms with Crippen LogP contribution in [-0.2, 0) is 16.4 Å². The quantitative estimate of drug-likeness (QED) is 0.493. The van der Waals surface area contributed by atoms with E-state index in [-0.39, 0.29) is 10.8 Å². The lowest BCUT2D eigenvalue weighted by atomic mass is 10.1. The van der Waals surface area contributed by atoms with Crippen LogP contribution < -0.4 is 19.5 Å². The molecule has 0 heterocycles. The molecule has 0 atom stereocenters. The number of hydrogen-bond donors (Lipinski definition) is 2. The summed E-state index contributed by atoms with van der Waals surface area (Å²) in [6, 6.07) is 17.3. The minimum Gasteiger partial charge on any atom is -0.493 e. The van der Waals surface area contributed by atoms with Gasteiger partial charge in [-0.3, -0.25) is 9.52 Å². The second-order valence-corrected chi connectivity index (χ2v) is 9.30. The van der Waals surface area contributed by atoms with Crippen LogP contribution in [0.3, 0.4) is 0 Å². The summed E-state index contributed by atoms with van der Waals surface area (Å²) in [6.07, 6.45) is 0.602. The Hall–Kier alpha value is -3.52. The number of hydrogen-bond acceptors (Lipinski definition) is 5. The first kappa shape index (κ1) is 24.1. The largest absolute Gasteiger partial charge is 0.493 e. The normalized spacial score (nSPS) is 11.0. The molecule has 0 spiro atoms. The fourth-order valence-electron chi connectivity index (χ4n) is 3.39. The van der Waals surface area contributed by atoms with Gasteiger partial charge in [0.25, 0.3) is 15.9 Å². The van der Waals surface area contributed by atoms with Crippen LogP contribution in [0.2, 0.25) is 0 Å². The average Bonchev–Trinajstić information content (AvgIpc) is 2.80. The Balaban J connectivity index is 1.65. The van der Waals surface area contributed by atoms with Gasteiger partial charge in [0.2, 0.25) is 0 Å². The summed E-state index contributed by atoms with van der Waals surface area (Å²) in [5.74, 6) is 0.985. The fraction of sp³-hybridized carbons (Fsp3) is 0.240. The predicted octanol–water partition coefficient (Wildman–Crippen LogP) is 4.09. The van der Waals surface area contributed by atoms with E-state index < -0.39 is 10.0 Å². The zero-order chi connectivity index (χ0) is 24.0. The van der Waals surface area contributed by atoms with Gasteiger partial charge in [-0.05, 0) is 73.4 Å². The molecule has 0 aliphatic rings. The first-order chi connectivity index (χ1) is 15.7. The maximum absolute atomic E-state index is 12.9. The molecule has 0 fully saturated rings. The second-order valence-electron chi connectivity index (χ2n) is 7.65. The van der Waals surface area contributed by atoms with Crippen LogP contribution >= 0.6 is 0 Å². The molecule has 0 bridgehead atoms. The van der Waals surface area contributed by atoms with Gasteiger partial charge in [-0.15, -0.1) is 0 Å². The van der Waals surface area contributed by atoms with E-state index >= 15 is 0 Å². The molecular formula is C25H28N2O5S. The van der Waals surface area contributed by atoms with E-state index in [0.717, 1.165) is 11.1 Å². The third kappa shape index (κ3) is 6.04. The number of sulfonamides is 1. The molecule has 2 N–H and O–H groups in total. The van der Waals surface area contributed by atoms with Gasteiger partial charge in [0.15, 0.2) is 11.5 Å². The Bertz CT molecular complexity index is 1260. The highest BCUT2D eigenvalue weighted by atomic mass is 32.2. The summed E-state index contributed by atoms with van der Waals surface area (Å²) in [7, 11) is -0.626. The smallest absolute Gasteiger partial charge is 0.262 e.